The van der Waals surface area contributed by atoms with E-state index in [4.69, 9.17) is 4.74 Å². The topological polar surface area (TPSA) is 95.9 Å². The van der Waals surface area contributed by atoms with Crippen LogP contribution in [0.5, 0.6) is 0 Å². The molecule has 69 heavy (non-hydrogen) atoms. The maximum atomic E-state index is 12.5. The Hall–Kier alpha value is -1.40. The molecular weight excluding hydrogens is 851 g/mol. The highest BCUT2D eigenvalue weighted by Gasteiger charge is 2.18. The normalized spacial score (nSPS) is 12.6. The standard InChI is InChI=1S/C63H123NO5/c1-3-5-7-9-11-13-15-17-28-33-37-41-45-49-53-57-63(68)69-58-54-50-46-42-38-34-30-27-25-23-21-19-20-22-24-26-29-32-36-40-44-48-52-56-62(67)64-60(59-65)61(66)55-51-47-43-39-35-31-18-16-14-12-10-8-6-4-2/h51,55,60-61,65-66H,3-50,52-54,56-59H2,1-2H3,(H,64,67)/b55-51+. The van der Waals surface area contributed by atoms with Crippen LogP contribution in [0.3, 0.4) is 0 Å². The van der Waals surface area contributed by atoms with E-state index in [1.54, 1.807) is 6.08 Å². The van der Waals surface area contributed by atoms with Gasteiger partial charge < -0.3 is 20.3 Å². The Morgan fingerprint density at radius 2 is 0.667 bits per heavy atom. The molecule has 0 aromatic carbocycles. The third-order valence-electron chi connectivity index (χ3n) is 14.8. The maximum Gasteiger partial charge on any atom is 0.305 e. The molecule has 1 amide bonds. The molecule has 3 N–H and O–H groups in total. The van der Waals surface area contributed by atoms with E-state index >= 15 is 0 Å². The molecule has 0 radical (unpaired) electrons. The Morgan fingerprint density at radius 1 is 0.391 bits per heavy atom. The number of hydrogen-bond acceptors (Lipinski definition) is 5. The Kier molecular flexibility index (Phi) is 58.0. The Labute approximate surface area is 431 Å². The van der Waals surface area contributed by atoms with Crippen LogP contribution in [-0.2, 0) is 14.3 Å². The second-order valence-electron chi connectivity index (χ2n) is 21.8. The molecule has 0 rings (SSSR count). The lowest BCUT2D eigenvalue weighted by Gasteiger charge is -2.20. The van der Waals surface area contributed by atoms with Crippen molar-refractivity contribution >= 4 is 11.9 Å². The fourth-order valence-electron chi connectivity index (χ4n) is 9.99. The number of ether oxygens (including phenoxy) is 1. The number of unbranched alkanes of at least 4 members (excludes halogenated alkanes) is 48. The molecular formula is C63H123NO5. The summed E-state index contributed by atoms with van der Waals surface area (Å²) in [6, 6.07) is -0.626. The largest absolute Gasteiger partial charge is 0.466 e. The minimum Gasteiger partial charge on any atom is -0.466 e. The van der Waals surface area contributed by atoms with Gasteiger partial charge in [0.2, 0.25) is 5.91 Å². The number of amides is 1. The van der Waals surface area contributed by atoms with Crippen molar-refractivity contribution in [2.45, 2.75) is 366 Å². The number of allylic oxidation sites excluding steroid dienone is 1. The predicted octanol–water partition coefficient (Wildman–Crippen LogP) is 19.6. The van der Waals surface area contributed by atoms with Crippen LogP contribution in [0.2, 0.25) is 0 Å². The predicted molar refractivity (Wildman–Crippen MR) is 301 cm³/mol. The van der Waals surface area contributed by atoms with Crippen LogP contribution < -0.4 is 5.32 Å². The molecule has 0 aromatic heterocycles. The van der Waals surface area contributed by atoms with E-state index in [-0.39, 0.29) is 18.5 Å². The molecule has 0 aliphatic heterocycles. The SMILES string of the molecule is CCCCCCCCCCCCCC/C=C/C(O)C(CO)NC(=O)CCCCCCCCCCCCCCCCCCCCCCCCCOC(=O)CCCCCCCCCCCCCCCCC. The van der Waals surface area contributed by atoms with E-state index in [0.29, 0.717) is 19.4 Å². The lowest BCUT2D eigenvalue weighted by molar-refractivity contribution is -0.143. The number of rotatable bonds is 59. The highest BCUT2D eigenvalue weighted by atomic mass is 16.5. The number of carbonyl (C=O) groups is 2. The Balaban J connectivity index is 3.37. The molecule has 0 fully saturated rings. The number of aliphatic hydroxyl groups excluding tert-OH is 2. The lowest BCUT2D eigenvalue weighted by Crippen LogP contribution is -2.45. The number of esters is 1. The van der Waals surface area contributed by atoms with Gasteiger partial charge in [-0.2, -0.15) is 0 Å². The summed E-state index contributed by atoms with van der Waals surface area (Å²) in [5, 5.41) is 23.1. The Morgan fingerprint density at radius 3 is 0.986 bits per heavy atom. The minimum absolute atomic E-state index is 0.0174. The number of nitrogens with one attached hydrogen (secondary N) is 1. The average molecular weight is 975 g/mol. The summed E-state index contributed by atoms with van der Waals surface area (Å²) in [7, 11) is 0. The van der Waals surface area contributed by atoms with Crippen molar-refractivity contribution in [2.24, 2.45) is 0 Å². The zero-order valence-electron chi connectivity index (χ0n) is 46.8. The van der Waals surface area contributed by atoms with Crippen LogP contribution >= 0.6 is 0 Å². The molecule has 0 spiro atoms. The summed E-state index contributed by atoms with van der Waals surface area (Å²) in [5.74, 6) is -0.0481. The van der Waals surface area contributed by atoms with E-state index in [0.717, 1.165) is 38.5 Å². The van der Waals surface area contributed by atoms with Gasteiger partial charge in [0.05, 0.1) is 25.4 Å². The van der Waals surface area contributed by atoms with Crippen LogP contribution in [0.15, 0.2) is 12.2 Å². The monoisotopic (exact) mass is 974 g/mol. The van der Waals surface area contributed by atoms with Crippen LogP contribution in [0, 0.1) is 0 Å². The second-order valence-corrected chi connectivity index (χ2v) is 21.8. The summed E-state index contributed by atoms with van der Waals surface area (Å²) in [4.78, 5) is 24.5. The molecule has 0 heterocycles. The van der Waals surface area contributed by atoms with E-state index in [1.807, 2.05) is 6.08 Å². The van der Waals surface area contributed by atoms with E-state index < -0.39 is 12.1 Å². The first kappa shape index (κ1) is 67.6. The number of carbonyl (C=O) groups excluding carboxylic acids is 2. The van der Waals surface area contributed by atoms with Gasteiger partial charge in [0, 0.05) is 12.8 Å². The van der Waals surface area contributed by atoms with Gasteiger partial charge >= 0.3 is 5.97 Å². The minimum atomic E-state index is -0.842. The quantitative estimate of drug-likeness (QED) is 0.0321. The van der Waals surface area contributed by atoms with Crippen molar-refractivity contribution in [3.8, 4) is 0 Å². The number of aliphatic hydroxyl groups is 2. The first-order valence-corrected chi connectivity index (χ1v) is 31.5. The third kappa shape index (κ3) is 55.8. The molecule has 0 aromatic rings. The van der Waals surface area contributed by atoms with Gasteiger partial charge in [0.1, 0.15) is 0 Å². The second kappa shape index (κ2) is 59.2. The van der Waals surface area contributed by atoms with E-state index in [9.17, 15) is 19.8 Å². The van der Waals surface area contributed by atoms with Gasteiger partial charge in [-0.25, -0.2) is 0 Å². The fraction of sp³-hybridized carbons (Fsp3) is 0.937. The van der Waals surface area contributed by atoms with Gasteiger partial charge in [-0.05, 0) is 32.1 Å². The summed E-state index contributed by atoms with van der Waals surface area (Å²) >= 11 is 0. The molecule has 0 bridgehead atoms. The first-order valence-electron chi connectivity index (χ1n) is 31.5. The molecule has 6 heteroatoms. The van der Waals surface area contributed by atoms with Crippen LogP contribution in [0.4, 0.5) is 0 Å². The van der Waals surface area contributed by atoms with E-state index in [1.165, 1.54) is 289 Å². The molecule has 0 aliphatic rings. The zero-order valence-corrected chi connectivity index (χ0v) is 46.8. The van der Waals surface area contributed by atoms with E-state index in [2.05, 4.69) is 19.2 Å². The highest BCUT2D eigenvalue weighted by molar-refractivity contribution is 5.76. The summed E-state index contributed by atoms with van der Waals surface area (Å²) in [5.41, 5.74) is 0. The molecule has 2 atom stereocenters. The molecule has 0 aliphatic carbocycles. The van der Waals surface area contributed by atoms with Gasteiger partial charge in [-0.3, -0.25) is 9.59 Å². The molecule has 0 saturated carbocycles. The van der Waals surface area contributed by atoms with Crippen molar-refractivity contribution in [1.29, 1.82) is 0 Å². The van der Waals surface area contributed by atoms with Crippen LogP contribution in [0.25, 0.3) is 0 Å². The highest BCUT2D eigenvalue weighted by Crippen LogP contribution is 2.18. The zero-order chi connectivity index (χ0) is 50.0. The van der Waals surface area contributed by atoms with Crippen molar-refractivity contribution < 1.29 is 24.5 Å². The third-order valence-corrected chi connectivity index (χ3v) is 14.8. The number of hydrogen-bond donors (Lipinski definition) is 3. The molecule has 2 unspecified atom stereocenters. The van der Waals surface area contributed by atoms with Gasteiger partial charge in [0.15, 0.2) is 0 Å². The molecule has 0 saturated heterocycles. The maximum absolute atomic E-state index is 12.5. The van der Waals surface area contributed by atoms with Crippen LogP contribution in [-0.4, -0.2) is 47.4 Å². The molecule has 6 nitrogen and oxygen atoms in total. The summed E-state index contributed by atoms with van der Waals surface area (Å²) in [6.07, 6.45) is 71.1. The Bertz CT molecular complexity index is 1030. The van der Waals surface area contributed by atoms with Crippen molar-refractivity contribution in [1.82, 2.24) is 5.32 Å². The van der Waals surface area contributed by atoms with Crippen LogP contribution in [0.1, 0.15) is 354 Å². The van der Waals surface area contributed by atoms with Gasteiger partial charge in [0.25, 0.3) is 0 Å². The van der Waals surface area contributed by atoms with Crippen molar-refractivity contribution in [2.75, 3.05) is 13.2 Å². The smallest absolute Gasteiger partial charge is 0.305 e. The summed E-state index contributed by atoms with van der Waals surface area (Å²) in [6.45, 7) is 4.93. The lowest BCUT2D eigenvalue weighted by atomic mass is 10.0. The first-order chi connectivity index (χ1) is 34.0. The fourth-order valence-corrected chi connectivity index (χ4v) is 9.99. The van der Waals surface area contributed by atoms with Gasteiger partial charge in [-0.15, -0.1) is 0 Å². The van der Waals surface area contributed by atoms with Gasteiger partial charge in [-0.1, -0.05) is 321 Å². The average Bonchev–Trinajstić information content (AvgIpc) is 3.35. The van der Waals surface area contributed by atoms with Crippen molar-refractivity contribution in [3.05, 3.63) is 12.2 Å². The van der Waals surface area contributed by atoms with Crippen molar-refractivity contribution in [3.63, 3.8) is 0 Å². The molecule has 410 valence electrons. The summed E-state index contributed by atoms with van der Waals surface area (Å²) < 4.78 is 5.49.